The van der Waals surface area contributed by atoms with Gasteiger partial charge in [-0.05, 0) is 41.8 Å². The summed E-state index contributed by atoms with van der Waals surface area (Å²) in [6.45, 7) is 0.440. The van der Waals surface area contributed by atoms with Gasteiger partial charge >= 0.3 is 5.97 Å². The van der Waals surface area contributed by atoms with Crippen molar-refractivity contribution < 1.29 is 24.2 Å². The molecule has 0 bridgehead atoms. The van der Waals surface area contributed by atoms with Crippen molar-refractivity contribution in [2.75, 3.05) is 20.8 Å². The zero-order chi connectivity index (χ0) is 18.2. The molecule has 0 radical (unpaired) electrons. The maximum absolute atomic E-state index is 12.1. The second-order valence-electron chi connectivity index (χ2n) is 5.47. The van der Waals surface area contributed by atoms with Gasteiger partial charge in [-0.25, -0.2) is 4.79 Å². The number of rotatable bonds is 8. The molecule has 0 unspecified atom stereocenters. The van der Waals surface area contributed by atoms with E-state index in [9.17, 15) is 9.59 Å². The Labute approximate surface area is 146 Å². The fourth-order valence-electron chi connectivity index (χ4n) is 2.44. The third-order valence-electron chi connectivity index (χ3n) is 3.72. The predicted molar refractivity (Wildman–Crippen MR) is 93.4 cm³/mol. The van der Waals surface area contributed by atoms with Gasteiger partial charge in [-0.15, -0.1) is 0 Å². The van der Waals surface area contributed by atoms with Crippen molar-refractivity contribution in [1.82, 2.24) is 5.32 Å². The van der Waals surface area contributed by atoms with Crippen LogP contribution in [0.25, 0.3) is 0 Å². The number of amides is 1. The van der Waals surface area contributed by atoms with Gasteiger partial charge in [-0.2, -0.15) is 0 Å². The number of carbonyl (C=O) groups is 2. The van der Waals surface area contributed by atoms with E-state index in [2.05, 4.69) is 5.32 Å². The van der Waals surface area contributed by atoms with Gasteiger partial charge in [0.1, 0.15) is 0 Å². The van der Waals surface area contributed by atoms with Crippen LogP contribution >= 0.6 is 0 Å². The zero-order valence-corrected chi connectivity index (χ0v) is 14.2. The summed E-state index contributed by atoms with van der Waals surface area (Å²) in [5.41, 5.74) is 1.93. The number of carboxylic acids is 1. The van der Waals surface area contributed by atoms with Gasteiger partial charge in [0.05, 0.1) is 26.2 Å². The molecule has 0 aliphatic carbocycles. The molecule has 0 aromatic heterocycles. The van der Waals surface area contributed by atoms with Crippen molar-refractivity contribution in [1.29, 1.82) is 0 Å². The van der Waals surface area contributed by atoms with Gasteiger partial charge in [-0.3, -0.25) is 4.79 Å². The fourth-order valence-corrected chi connectivity index (χ4v) is 2.44. The Morgan fingerprint density at radius 1 is 1.00 bits per heavy atom. The maximum Gasteiger partial charge on any atom is 0.335 e. The predicted octanol–water partition coefficient (Wildman–Crippen LogP) is 2.30. The second-order valence-corrected chi connectivity index (χ2v) is 5.47. The van der Waals surface area contributed by atoms with Crippen LogP contribution in [0.1, 0.15) is 21.5 Å². The minimum absolute atomic E-state index is 0.110. The number of carboxylic acid groups (broad SMARTS) is 1. The normalized spacial score (nSPS) is 10.2. The summed E-state index contributed by atoms with van der Waals surface area (Å²) in [4.78, 5) is 23.0. The quantitative estimate of drug-likeness (QED) is 0.768. The van der Waals surface area contributed by atoms with Gasteiger partial charge < -0.3 is 19.9 Å². The third kappa shape index (κ3) is 5.24. The monoisotopic (exact) mass is 343 g/mol. The molecule has 2 N–H and O–H groups in total. The zero-order valence-electron chi connectivity index (χ0n) is 14.2. The van der Waals surface area contributed by atoms with Crippen LogP contribution in [0, 0.1) is 0 Å². The Kier molecular flexibility index (Phi) is 6.39. The number of methoxy groups -OCH3 is 2. The Morgan fingerprint density at radius 3 is 2.44 bits per heavy atom. The molecule has 1 amide bonds. The van der Waals surface area contributed by atoms with E-state index in [1.807, 2.05) is 12.1 Å². The van der Waals surface area contributed by atoms with E-state index < -0.39 is 5.97 Å². The van der Waals surface area contributed by atoms with Gasteiger partial charge in [0.2, 0.25) is 5.91 Å². The lowest BCUT2D eigenvalue weighted by atomic mass is 10.1. The number of benzene rings is 2. The number of hydrogen-bond acceptors (Lipinski definition) is 4. The molecule has 0 aliphatic heterocycles. The van der Waals surface area contributed by atoms with Crippen molar-refractivity contribution in [3.63, 3.8) is 0 Å². The summed E-state index contributed by atoms with van der Waals surface area (Å²) >= 11 is 0. The molecule has 0 saturated carbocycles. The number of ether oxygens (including phenoxy) is 2. The second kappa shape index (κ2) is 8.73. The molecule has 25 heavy (non-hydrogen) atoms. The molecule has 0 atom stereocenters. The number of carbonyl (C=O) groups excluding carboxylic acids is 1. The largest absolute Gasteiger partial charge is 0.493 e. The van der Waals surface area contributed by atoms with Crippen molar-refractivity contribution in [2.24, 2.45) is 0 Å². The summed E-state index contributed by atoms with van der Waals surface area (Å²) in [7, 11) is 3.11. The summed E-state index contributed by atoms with van der Waals surface area (Å²) in [5, 5.41) is 11.8. The van der Waals surface area contributed by atoms with E-state index in [0.717, 1.165) is 11.1 Å². The van der Waals surface area contributed by atoms with E-state index in [1.54, 1.807) is 44.6 Å². The highest BCUT2D eigenvalue weighted by Crippen LogP contribution is 2.27. The molecule has 2 aromatic carbocycles. The summed E-state index contributed by atoms with van der Waals surface area (Å²) in [6, 6.07) is 12.0. The first kappa shape index (κ1) is 18.3. The molecule has 0 saturated heterocycles. The molecule has 0 aliphatic rings. The van der Waals surface area contributed by atoms with Gasteiger partial charge in [-0.1, -0.05) is 18.2 Å². The molecule has 2 rings (SSSR count). The van der Waals surface area contributed by atoms with Gasteiger partial charge in [0, 0.05) is 6.54 Å². The third-order valence-corrected chi connectivity index (χ3v) is 3.72. The Morgan fingerprint density at radius 2 is 1.76 bits per heavy atom. The maximum atomic E-state index is 12.1. The Hall–Kier alpha value is -3.02. The molecule has 6 heteroatoms. The fraction of sp³-hybridized carbons (Fsp3) is 0.263. The SMILES string of the molecule is COc1ccc(CC(=O)NCCc2cccc(C(=O)O)c2)cc1OC. The van der Waals surface area contributed by atoms with Crippen LogP contribution < -0.4 is 14.8 Å². The van der Waals surface area contributed by atoms with Crippen LogP contribution in [0.4, 0.5) is 0 Å². The molecule has 132 valence electrons. The lowest BCUT2D eigenvalue weighted by molar-refractivity contribution is -0.120. The number of nitrogens with one attached hydrogen (secondary N) is 1. The van der Waals surface area contributed by atoms with E-state index in [1.165, 1.54) is 0 Å². The highest BCUT2D eigenvalue weighted by Gasteiger charge is 2.08. The molecule has 0 fully saturated rings. The summed E-state index contributed by atoms with van der Waals surface area (Å²) < 4.78 is 10.4. The van der Waals surface area contributed by atoms with E-state index >= 15 is 0 Å². The van der Waals surface area contributed by atoms with E-state index in [0.29, 0.717) is 24.5 Å². The highest BCUT2D eigenvalue weighted by atomic mass is 16.5. The van der Waals surface area contributed by atoms with Crippen LogP contribution in [-0.2, 0) is 17.6 Å². The van der Waals surface area contributed by atoms with Crippen LogP contribution in [-0.4, -0.2) is 37.7 Å². The van der Waals surface area contributed by atoms with Crippen molar-refractivity contribution >= 4 is 11.9 Å². The van der Waals surface area contributed by atoms with Crippen LogP contribution in [0.3, 0.4) is 0 Å². The van der Waals surface area contributed by atoms with E-state index in [4.69, 9.17) is 14.6 Å². The van der Waals surface area contributed by atoms with Crippen LogP contribution in [0.15, 0.2) is 42.5 Å². The first-order chi connectivity index (χ1) is 12.0. The molecule has 0 heterocycles. The molecule has 0 spiro atoms. The molecule has 6 nitrogen and oxygen atoms in total. The first-order valence-electron chi connectivity index (χ1n) is 7.83. The standard InChI is InChI=1S/C19H21NO5/c1-24-16-7-6-14(11-17(16)25-2)12-18(21)20-9-8-13-4-3-5-15(10-13)19(22)23/h3-7,10-11H,8-9,12H2,1-2H3,(H,20,21)(H,22,23). The van der Waals surface area contributed by atoms with Crippen molar-refractivity contribution in [3.05, 3.63) is 59.2 Å². The Balaban J connectivity index is 1.87. The highest BCUT2D eigenvalue weighted by molar-refractivity contribution is 5.87. The average Bonchev–Trinajstić information content (AvgIpc) is 2.61. The van der Waals surface area contributed by atoms with Gasteiger partial charge in [0.25, 0.3) is 0 Å². The smallest absolute Gasteiger partial charge is 0.335 e. The minimum atomic E-state index is -0.959. The molecule has 2 aromatic rings. The average molecular weight is 343 g/mol. The van der Waals surface area contributed by atoms with Crippen molar-refractivity contribution in [2.45, 2.75) is 12.8 Å². The van der Waals surface area contributed by atoms with Crippen LogP contribution in [0.2, 0.25) is 0 Å². The van der Waals surface area contributed by atoms with E-state index in [-0.39, 0.29) is 17.9 Å². The molecular weight excluding hydrogens is 322 g/mol. The van der Waals surface area contributed by atoms with Crippen LogP contribution in [0.5, 0.6) is 11.5 Å². The lowest BCUT2D eigenvalue weighted by Gasteiger charge is -2.10. The number of aromatic carboxylic acids is 1. The topological polar surface area (TPSA) is 84.9 Å². The summed E-state index contributed by atoms with van der Waals surface area (Å²) in [6.07, 6.45) is 0.800. The summed E-state index contributed by atoms with van der Waals surface area (Å²) in [5.74, 6) is 0.129. The number of hydrogen-bond donors (Lipinski definition) is 2. The van der Waals surface area contributed by atoms with Gasteiger partial charge in [0.15, 0.2) is 11.5 Å². The minimum Gasteiger partial charge on any atom is -0.493 e. The Bertz CT molecular complexity index is 757. The van der Waals surface area contributed by atoms with Crippen molar-refractivity contribution in [3.8, 4) is 11.5 Å². The molecular formula is C19H21NO5. The first-order valence-corrected chi connectivity index (χ1v) is 7.83. The lowest BCUT2D eigenvalue weighted by Crippen LogP contribution is -2.27.